The van der Waals surface area contributed by atoms with E-state index in [0.717, 1.165) is 34.5 Å². The smallest absolute Gasteiger partial charge is 0.190 e. The second kappa shape index (κ2) is 3.96. The summed E-state index contributed by atoms with van der Waals surface area (Å²) in [6.45, 7) is 1.88. The Bertz CT molecular complexity index is 762. The molecule has 1 aliphatic heterocycles. The largest absolute Gasteiger partial charge is 0.448 e. The minimum absolute atomic E-state index is 0.744. The zero-order valence-corrected chi connectivity index (χ0v) is 11.0. The van der Waals surface area contributed by atoms with Crippen LogP contribution in [0.15, 0.2) is 40.0 Å². The molecule has 4 rings (SSSR count). The first-order valence-electron chi connectivity index (χ1n) is 5.91. The molecule has 0 bridgehead atoms. The number of hydrogen-bond acceptors (Lipinski definition) is 5. The standard InChI is InChI=1S/C13H10N4OS/c1-8-12(14-7-18-8)13-16-15-11-6-19-10-5-3-2-4-9(10)17(11)13/h2-5,7H,6H2,1H3. The number of aromatic nitrogens is 4. The summed E-state index contributed by atoms with van der Waals surface area (Å²) < 4.78 is 7.34. The Hall–Kier alpha value is -2.08. The summed E-state index contributed by atoms with van der Waals surface area (Å²) in [6.07, 6.45) is 1.44. The van der Waals surface area contributed by atoms with Gasteiger partial charge in [-0.05, 0) is 19.1 Å². The van der Waals surface area contributed by atoms with Gasteiger partial charge in [0.2, 0.25) is 0 Å². The van der Waals surface area contributed by atoms with Crippen molar-refractivity contribution in [2.24, 2.45) is 0 Å². The molecule has 3 aromatic rings. The minimum atomic E-state index is 0.744. The average molecular weight is 270 g/mol. The molecule has 0 atom stereocenters. The predicted molar refractivity (Wildman–Crippen MR) is 71.2 cm³/mol. The van der Waals surface area contributed by atoms with Crippen LogP contribution in [-0.2, 0) is 5.75 Å². The normalized spacial score (nSPS) is 13.1. The van der Waals surface area contributed by atoms with Crippen LogP contribution in [0.2, 0.25) is 0 Å². The molecule has 1 aliphatic rings. The Balaban J connectivity index is 2.00. The Labute approximate surface area is 113 Å². The summed E-state index contributed by atoms with van der Waals surface area (Å²) in [5.74, 6) is 3.27. The van der Waals surface area contributed by atoms with Gasteiger partial charge in [0.1, 0.15) is 17.3 Å². The third kappa shape index (κ3) is 1.53. The van der Waals surface area contributed by atoms with Crippen LogP contribution >= 0.6 is 11.8 Å². The number of thioether (sulfide) groups is 1. The van der Waals surface area contributed by atoms with Crippen molar-refractivity contribution in [1.82, 2.24) is 19.7 Å². The van der Waals surface area contributed by atoms with Gasteiger partial charge in [-0.1, -0.05) is 12.1 Å². The fraction of sp³-hybridized carbons (Fsp3) is 0.154. The van der Waals surface area contributed by atoms with E-state index < -0.39 is 0 Å². The number of aryl methyl sites for hydroxylation is 1. The SMILES string of the molecule is Cc1ocnc1-c1nnc2n1-c1ccccc1SC2. The van der Waals surface area contributed by atoms with Crippen LogP contribution in [0.25, 0.3) is 17.2 Å². The summed E-state index contributed by atoms with van der Waals surface area (Å²) in [7, 11) is 0. The summed E-state index contributed by atoms with van der Waals surface area (Å²) in [6, 6.07) is 8.26. The Morgan fingerprint density at radius 2 is 2.16 bits per heavy atom. The summed E-state index contributed by atoms with van der Waals surface area (Å²) >= 11 is 1.78. The molecular formula is C13H10N4OS. The predicted octanol–water partition coefficient (Wildman–Crippen LogP) is 2.84. The summed E-state index contributed by atoms with van der Waals surface area (Å²) in [5, 5.41) is 8.54. The van der Waals surface area contributed by atoms with Crippen molar-refractivity contribution < 1.29 is 4.42 Å². The molecule has 94 valence electrons. The van der Waals surface area contributed by atoms with Gasteiger partial charge < -0.3 is 4.42 Å². The zero-order chi connectivity index (χ0) is 12.8. The lowest BCUT2D eigenvalue weighted by Crippen LogP contribution is -2.08. The summed E-state index contributed by atoms with van der Waals surface area (Å²) in [4.78, 5) is 5.48. The van der Waals surface area contributed by atoms with Crippen LogP contribution in [0, 0.1) is 6.92 Å². The molecule has 6 heteroatoms. The Morgan fingerprint density at radius 1 is 1.26 bits per heavy atom. The van der Waals surface area contributed by atoms with E-state index in [1.54, 1.807) is 11.8 Å². The molecular weight excluding hydrogens is 260 g/mol. The van der Waals surface area contributed by atoms with Gasteiger partial charge in [0.15, 0.2) is 12.2 Å². The van der Waals surface area contributed by atoms with E-state index in [9.17, 15) is 0 Å². The van der Waals surface area contributed by atoms with Crippen LogP contribution in [0.5, 0.6) is 0 Å². The van der Waals surface area contributed by atoms with Crippen molar-refractivity contribution >= 4 is 11.8 Å². The number of rotatable bonds is 1. The highest BCUT2D eigenvalue weighted by atomic mass is 32.2. The first-order valence-corrected chi connectivity index (χ1v) is 6.90. The number of fused-ring (bicyclic) bond motifs is 3. The summed E-state index contributed by atoms with van der Waals surface area (Å²) in [5.41, 5.74) is 1.86. The molecule has 0 spiro atoms. The molecule has 0 unspecified atom stereocenters. The average Bonchev–Trinajstić information content (AvgIpc) is 3.04. The van der Waals surface area contributed by atoms with Gasteiger partial charge in [-0.3, -0.25) is 4.57 Å². The van der Waals surface area contributed by atoms with Crippen molar-refractivity contribution in [2.45, 2.75) is 17.6 Å². The number of oxazole rings is 1. The molecule has 2 aromatic heterocycles. The highest BCUT2D eigenvalue weighted by molar-refractivity contribution is 7.98. The van der Waals surface area contributed by atoms with Crippen LogP contribution < -0.4 is 0 Å². The Kier molecular flexibility index (Phi) is 2.25. The van der Waals surface area contributed by atoms with Crippen molar-refractivity contribution in [3.05, 3.63) is 42.2 Å². The molecule has 0 radical (unpaired) electrons. The molecule has 1 aromatic carbocycles. The monoisotopic (exact) mass is 270 g/mol. The zero-order valence-electron chi connectivity index (χ0n) is 10.2. The lowest BCUT2D eigenvalue weighted by Gasteiger charge is -2.18. The van der Waals surface area contributed by atoms with Gasteiger partial charge in [-0.2, -0.15) is 0 Å². The quantitative estimate of drug-likeness (QED) is 0.680. The number of nitrogens with zero attached hydrogens (tertiary/aromatic N) is 4. The molecule has 3 heterocycles. The van der Waals surface area contributed by atoms with Crippen LogP contribution in [0.1, 0.15) is 11.6 Å². The van der Waals surface area contributed by atoms with E-state index in [1.165, 1.54) is 11.3 Å². The second-order valence-electron chi connectivity index (χ2n) is 4.29. The molecule has 5 nitrogen and oxygen atoms in total. The molecule has 0 saturated carbocycles. The highest BCUT2D eigenvalue weighted by Crippen LogP contribution is 2.37. The first kappa shape index (κ1) is 10.8. The molecule has 0 saturated heterocycles. The van der Waals surface area contributed by atoms with Gasteiger partial charge in [0.25, 0.3) is 0 Å². The highest BCUT2D eigenvalue weighted by Gasteiger charge is 2.24. The maximum atomic E-state index is 5.27. The van der Waals surface area contributed by atoms with Crippen LogP contribution in [-0.4, -0.2) is 19.7 Å². The number of hydrogen-bond donors (Lipinski definition) is 0. The van der Waals surface area contributed by atoms with Crippen LogP contribution in [0.4, 0.5) is 0 Å². The fourth-order valence-corrected chi connectivity index (χ4v) is 3.20. The lowest BCUT2D eigenvalue weighted by atomic mass is 10.2. The van der Waals surface area contributed by atoms with E-state index in [-0.39, 0.29) is 0 Å². The topological polar surface area (TPSA) is 56.7 Å². The van der Waals surface area contributed by atoms with E-state index in [4.69, 9.17) is 4.42 Å². The van der Waals surface area contributed by atoms with E-state index in [1.807, 2.05) is 19.1 Å². The van der Waals surface area contributed by atoms with E-state index in [0.29, 0.717) is 0 Å². The first-order chi connectivity index (χ1) is 9.34. The maximum Gasteiger partial charge on any atom is 0.190 e. The van der Waals surface area contributed by atoms with E-state index in [2.05, 4.69) is 31.9 Å². The third-order valence-electron chi connectivity index (χ3n) is 3.15. The molecule has 0 fully saturated rings. The maximum absolute atomic E-state index is 5.27. The number of benzene rings is 1. The van der Waals surface area contributed by atoms with Crippen molar-refractivity contribution in [2.75, 3.05) is 0 Å². The molecule has 0 aliphatic carbocycles. The molecule has 19 heavy (non-hydrogen) atoms. The van der Waals surface area contributed by atoms with Gasteiger partial charge >= 0.3 is 0 Å². The lowest BCUT2D eigenvalue weighted by molar-refractivity contribution is 0.527. The van der Waals surface area contributed by atoms with Crippen molar-refractivity contribution in [1.29, 1.82) is 0 Å². The third-order valence-corrected chi connectivity index (χ3v) is 4.21. The van der Waals surface area contributed by atoms with Gasteiger partial charge in [0, 0.05) is 4.90 Å². The van der Waals surface area contributed by atoms with Gasteiger partial charge in [-0.15, -0.1) is 22.0 Å². The van der Waals surface area contributed by atoms with Crippen molar-refractivity contribution in [3.8, 4) is 17.2 Å². The van der Waals surface area contributed by atoms with Crippen molar-refractivity contribution in [3.63, 3.8) is 0 Å². The van der Waals surface area contributed by atoms with E-state index >= 15 is 0 Å². The minimum Gasteiger partial charge on any atom is -0.448 e. The molecule has 0 N–H and O–H groups in total. The van der Waals surface area contributed by atoms with Gasteiger partial charge in [0.05, 0.1) is 11.4 Å². The van der Waals surface area contributed by atoms with Gasteiger partial charge in [-0.25, -0.2) is 4.98 Å². The second-order valence-corrected chi connectivity index (χ2v) is 5.31. The number of para-hydroxylation sites is 1. The van der Waals surface area contributed by atoms with Crippen LogP contribution in [0.3, 0.4) is 0 Å². The Morgan fingerprint density at radius 3 is 3.00 bits per heavy atom. The molecule has 0 amide bonds. The fourth-order valence-electron chi connectivity index (χ4n) is 2.24.